The first kappa shape index (κ1) is 37.1. The fourth-order valence-corrected chi connectivity index (χ4v) is 11.0. The normalized spacial score (nSPS) is 13.8. The van der Waals surface area contributed by atoms with Gasteiger partial charge in [0.15, 0.2) is 0 Å². The van der Waals surface area contributed by atoms with Crippen molar-refractivity contribution in [2.24, 2.45) is 0 Å². The molecule has 0 atom stereocenters. The largest absolute Gasteiger partial charge is 0.310 e. The van der Waals surface area contributed by atoms with Crippen LogP contribution in [-0.2, 0) is 10.8 Å². The van der Waals surface area contributed by atoms with Gasteiger partial charge in [-0.05, 0) is 120 Å². The molecule has 0 unspecified atom stereocenters. The van der Waals surface area contributed by atoms with E-state index in [-0.39, 0.29) is 5.41 Å². The topological polar surface area (TPSA) is 3.24 Å². The number of anilines is 3. The molecule has 0 radical (unpaired) electrons. The van der Waals surface area contributed by atoms with Gasteiger partial charge in [0.05, 0.1) is 11.1 Å². The summed E-state index contributed by atoms with van der Waals surface area (Å²) in [5.41, 5.74) is 20.5. The molecule has 0 heterocycles. The highest BCUT2D eigenvalue weighted by molar-refractivity contribution is 6.09. The van der Waals surface area contributed by atoms with Gasteiger partial charge in [-0.3, -0.25) is 0 Å². The summed E-state index contributed by atoms with van der Waals surface area (Å²) in [6.07, 6.45) is 0. The second-order valence-electron chi connectivity index (χ2n) is 17.6. The molecular weight excluding hydrogens is 759 g/mol. The van der Waals surface area contributed by atoms with Crippen molar-refractivity contribution in [3.8, 4) is 44.5 Å². The molecule has 2 aliphatic rings. The van der Waals surface area contributed by atoms with Crippen LogP contribution in [0.5, 0.6) is 0 Å². The van der Waals surface area contributed by atoms with E-state index in [1.807, 2.05) is 0 Å². The van der Waals surface area contributed by atoms with E-state index in [4.69, 9.17) is 0 Å². The van der Waals surface area contributed by atoms with Gasteiger partial charge in [-0.2, -0.15) is 0 Å². The second-order valence-corrected chi connectivity index (χ2v) is 17.6. The van der Waals surface area contributed by atoms with Crippen molar-refractivity contribution < 1.29 is 0 Å². The maximum atomic E-state index is 2.51. The predicted molar refractivity (Wildman–Crippen MR) is 264 cm³/mol. The molecule has 0 aliphatic heterocycles. The van der Waals surface area contributed by atoms with Crippen LogP contribution in [-0.4, -0.2) is 0 Å². The van der Waals surface area contributed by atoms with E-state index in [0.717, 1.165) is 17.1 Å². The van der Waals surface area contributed by atoms with Crippen molar-refractivity contribution in [3.05, 3.63) is 270 Å². The molecule has 0 fully saturated rings. The summed E-state index contributed by atoms with van der Waals surface area (Å²) in [5, 5.41) is 2.45. The fraction of sp³-hybridized carbons (Fsp3) is 0.0645. The highest BCUT2D eigenvalue weighted by Crippen LogP contribution is 2.61. The average Bonchev–Trinajstić information content (AvgIpc) is 3.78. The molecule has 12 rings (SSSR count). The smallest absolute Gasteiger partial charge is 0.0719 e. The number of benzene rings is 10. The fourth-order valence-electron chi connectivity index (χ4n) is 11.0. The van der Waals surface area contributed by atoms with E-state index in [1.165, 1.54) is 88.7 Å². The van der Waals surface area contributed by atoms with Gasteiger partial charge in [-0.1, -0.05) is 214 Å². The van der Waals surface area contributed by atoms with Crippen molar-refractivity contribution in [2.45, 2.75) is 24.7 Å². The van der Waals surface area contributed by atoms with Gasteiger partial charge in [0, 0.05) is 22.2 Å². The molecule has 0 amide bonds. The number of hydrogen-bond acceptors (Lipinski definition) is 1. The third-order valence-electron chi connectivity index (χ3n) is 13.9. The summed E-state index contributed by atoms with van der Waals surface area (Å²) >= 11 is 0. The minimum Gasteiger partial charge on any atom is -0.310 e. The first-order chi connectivity index (χ1) is 31.0. The summed E-state index contributed by atoms with van der Waals surface area (Å²) < 4.78 is 0. The van der Waals surface area contributed by atoms with Crippen molar-refractivity contribution in [2.75, 3.05) is 4.90 Å². The third kappa shape index (κ3) is 5.63. The van der Waals surface area contributed by atoms with Crippen LogP contribution >= 0.6 is 0 Å². The molecule has 2 aliphatic carbocycles. The molecule has 0 saturated heterocycles. The zero-order valence-electron chi connectivity index (χ0n) is 35.5. The Balaban J connectivity index is 1.16. The number of nitrogens with zero attached hydrogens (tertiary/aromatic N) is 1. The molecule has 0 aromatic heterocycles. The van der Waals surface area contributed by atoms with Crippen molar-refractivity contribution >= 4 is 27.8 Å². The maximum Gasteiger partial charge on any atom is 0.0719 e. The van der Waals surface area contributed by atoms with E-state index in [0.29, 0.717) is 0 Å². The lowest BCUT2D eigenvalue weighted by molar-refractivity contribution is 0.660. The molecule has 0 bridgehead atoms. The van der Waals surface area contributed by atoms with Crippen molar-refractivity contribution in [1.82, 2.24) is 0 Å². The van der Waals surface area contributed by atoms with Gasteiger partial charge in [-0.25, -0.2) is 0 Å². The first-order valence-corrected chi connectivity index (χ1v) is 22.1. The van der Waals surface area contributed by atoms with Gasteiger partial charge in [0.1, 0.15) is 0 Å². The molecule has 0 saturated carbocycles. The van der Waals surface area contributed by atoms with E-state index in [1.54, 1.807) is 0 Å². The summed E-state index contributed by atoms with van der Waals surface area (Å²) in [7, 11) is 0. The maximum absolute atomic E-state index is 2.51. The van der Waals surface area contributed by atoms with E-state index in [2.05, 4.69) is 255 Å². The average molecular weight is 804 g/mol. The van der Waals surface area contributed by atoms with Crippen LogP contribution < -0.4 is 4.90 Å². The Hall–Kier alpha value is -7.74. The minimum atomic E-state index is -0.582. The van der Waals surface area contributed by atoms with Gasteiger partial charge < -0.3 is 4.90 Å². The number of rotatable bonds is 7. The molecule has 1 nitrogen and oxygen atoms in total. The Bertz CT molecular complexity index is 3290. The lowest BCUT2D eigenvalue weighted by Gasteiger charge is -2.36. The highest BCUT2D eigenvalue weighted by Gasteiger charge is 2.48. The van der Waals surface area contributed by atoms with Crippen molar-refractivity contribution in [1.29, 1.82) is 0 Å². The van der Waals surface area contributed by atoms with E-state index >= 15 is 0 Å². The highest BCUT2D eigenvalue weighted by atomic mass is 15.1. The Morgan fingerprint density at radius 2 is 0.794 bits per heavy atom. The number of fused-ring (bicyclic) bond motifs is 8. The van der Waals surface area contributed by atoms with Gasteiger partial charge in [0.2, 0.25) is 0 Å². The summed E-state index contributed by atoms with van der Waals surface area (Å²) in [5.74, 6) is 0. The Morgan fingerprint density at radius 3 is 1.46 bits per heavy atom. The third-order valence-corrected chi connectivity index (χ3v) is 13.9. The molecule has 63 heavy (non-hydrogen) atoms. The summed E-state index contributed by atoms with van der Waals surface area (Å²) in [4.78, 5) is 2.51. The molecule has 1 heteroatoms. The predicted octanol–water partition coefficient (Wildman–Crippen LogP) is 16.3. The Kier molecular flexibility index (Phi) is 8.49. The minimum absolute atomic E-state index is 0.148. The molecule has 10 aromatic carbocycles. The van der Waals surface area contributed by atoms with Gasteiger partial charge >= 0.3 is 0 Å². The van der Waals surface area contributed by atoms with Crippen LogP contribution in [0.25, 0.3) is 55.3 Å². The SMILES string of the molecule is CC1(C)c2ccccc2-c2ccc(N(c3ccc(-c4ccccc4)cc3)c3cc4c(c5ccccc35)C(c3ccccc3)(c3ccccc3)c3cc(-c5ccccc5)ccc3-4)cc21. The van der Waals surface area contributed by atoms with E-state index in [9.17, 15) is 0 Å². The van der Waals surface area contributed by atoms with E-state index < -0.39 is 5.41 Å². The first-order valence-electron chi connectivity index (χ1n) is 22.1. The Morgan fingerprint density at radius 1 is 0.317 bits per heavy atom. The lowest BCUT2D eigenvalue weighted by atomic mass is 9.66. The molecule has 0 N–H and O–H groups in total. The standard InChI is InChI=1S/C62H45N/c1-61(2)56-30-18-17-27-50(56)51-38-36-49(40-57(51)61)63(48-34-31-44(32-35-48)42-19-7-3-8-20-42)59-41-55-52-37-33-45(43-21-9-4-10-22-43)39-58(52)62(46-23-11-5-12-24-46,47-25-13-6-14-26-47)60(55)54-29-16-15-28-53(54)59/h3-41H,1-2H3. The summed E-state index contributed by atoms with van der Waals surface area (Å²) in [6.45, 7) is 4.75. The number of hydrogen-bond donors (Lipinski definition) is 0. The van der Waals surface area contributed by atoms with Crippen molar-refractivity contribution in [3.63, 3.8) is 0 Å². The molecule has 10 aromatic rings. The second kappa shape index (κ2) is 14.4. The quantitative estimate of drug-likeness (QED) is 0.155. The molecule has 0 spiro atoms. The van der Waals surface area contributed by atoms with Crippen LogP contribution in [0.4, 0.5) is 17.1 Å². The van der Waals surface area contributed by atoms with Crippen LogP contribution in [0, 0.1) is 0 Å². The Labute approximate surface area is 370 Å². The molecular formula is C62H45N. The van der Waals surface area contributed by atoms with Gasteiger partial charge in [0.25, 0.3) is 0 Å². The zero-order chi connectivity index (χ0) is 42.1. The molecule has 298 valence electrons. The van der Waals surface area contributed by atoms with Gasteiger partial charge in [-0.15, -0.1) is 0 Å². The van der Waals surface area contributed by atoms with Crippen LogP contribution in [0.15, 0.2) is 237 Å². The lowest BCUT2D eigenvalue weighted by Crippen LogP contribution is -2.29. The van der Waals surface area contributed by atoms with Crippen LogP contribution in [0.1, 0.15) is 47.2 Å². The van der Waals surface area contributed by atoms with Crippen LogP contribution in [0.3, 0.4) is 0 Å². The zero-order valence-corrected chi connectivity index (χ0v) is 35.5. The summed E-state index contributed by atoms with van der Waals surface area (Å²) in [6, 6.07) is 87.9. The monoisotopic (exact) mass is 803 g/mol. The van der Waals surface area contributed by atoms with Crippen LogP contribution in [0.2, 0.25) is 0 Å².